The Morgan fingerprint density at radius 2 is 1.86 bits per heavy atom. The number of nitrogens with one attached hydrogen (secondary N) is 1. The lowest BCUT2D eigenvalue weighted by Crippen LogP contribution is -2.20. The number of alkyl halides is 3. The van der Waals surface area contributed by atoms with Gasteiger partial charge in [-0.15, -0.1) is 0 Å². The predicted molar refractivity (Wildman–Crippen MR) is 68.6 cm³/mol. The Morgan fingerprint density at radius 3 is 2.45 bits per heavy atom. The maximum absolute atomic E-state index is 13.4. The molecule has 0 aliphatic heterocycles. The standard InChI is InChI=1S/C13H6ClF5N2O/c14-11-10(7(3-4-20-11)13(17,18)19)12(22)21-9-2-1-6(15)5-8(9)16/h1-5H,(H,21,22). The number of carbonyl (C=O) groups is 1. The predicted octanol–water partition coefficient (Wildman–Crippen LogP) is 4.28. The van der Waals surface area contributed by atoms with Crippen LogP contribution in [0.1, 0.15) is 15.9 Å². The second kappa shape index (κ2) is 5.88. The number of hydrogen-bond acceptors (Lipinski definition) is 2. The van der Waals surface area contributed by atoms with Gasteiger partial charge in [0, 0.05) is 12.3 Å². The Morgan fingerprint density at radius 1 is 1.18 bits per heavy atom. The van der Waals surface area contributed by atoms with Crippen molar-refractivity contribution in [1.82, 2.24) is 4.98 Å². The fourth-order valence-corrected chi connectivity index (χ4v) is 1.91. The van der Waals surface area contributed by atoms with Crippen LogP contribution in [0.2, 0.25) is 5.15 Å². The van der Waals surface area contributed by atoms with E-state index in [1.54, 1.807) is 0 Å². The molecule has 2 rings (SSSR count). The Kier molecular flexibility index (Phi) is 4.32. The monoisotopic (exact) mass is 336 g/mol. The number of nitrogens with zero attached hydrogens (tertiary/aromatic N) is 1. The van der Waals surface area contributed by atoms with Gasteiger partial charge in [-0.3, -0.25) is 4.79 Å². The highest BCUT2D eigenvalue weighted by molar-refractivity contribution is 6.33. The number of hydrogen-bond donors (Lipinski definition) is 1. The van der Waals surface area contributed by atoms with Gasteiger partial charge in [-0.2, -0.15) is 13.2 Å². The number of amides is 1. The van der Waals surface area contributed by atoms with Crippen molar-refractivity contribution in [3.8, 4) is 0 Å². The van der Waals surface area contributed by atoms with Crippen LogP contribution >= 0.6 is 11.6 Å². The summed E-state index contributed by atoms with van der Waals surface area (Å²) in [5.41, 5.74) is -2.74. The summed E-state index contributed by atoms with van der Waals surface area (Å²) in [4.78, 5) is 15.3. The first-order valence-corrected chi connectivity index (χ1v) is 6.06. The smallest absolute Gasteiger partial charge is 0.319 e. The summed E-state index contributed by atoms with van der Waals surface area (Å²) in [5, 5.41) is 1.22. The van der Waals surface area contributed by atoms with Crippen LogP contribution in [-0.2, 0) is 6.18 Å². The molecule has 0 atom stereocenters. The largest absolute Gasteiger partial charge is 0.417 e. The van der Waals surface area contributed by atoms with Crippen LogP contribution in [0.25, 0.3) is 0 Å². The maximum atomic E-state index is 13.4. The van der Waals surface area contributed by atoms with E-state index in [9.17, 15) is 26.7 Å². The summed E-state index contributed by atoms with van der Waals surface area (Å²) >= 11 is 5.54. The lowest BCUT2D eigenvalue weighted by molar-refractivity contribution is -0.137. The van der Waals surface area contributed by atoms with E-state index in [1.165, 1.54) is 0 Å². The van der Waals surface area contributed by atoms with Crippen LogP contribution in [0.5, 0.6) is 0 Å². The Hall–Kier alpha value is -2.22. The van der Waals surface area contributed by atoms with Crippen molar-refractivity contribution in [1.29, 1.82) is 0 Å². The molecular formula is C13H6ClF5N2O. The second-order valence-electron chi connectivity index (χ2n) is 4.10. The Balaban J connectivity index is 2.42. The molecule has 3 nitrogen and oxygen atoms in total. The normalized spacial score (nSPS) is 11.4. The SMILES string of the molecule is O=C(Nc1ccc(F)cc1F)c1c(C(F)(F)F)ccnc1Cl. The number of anilines is 1. The highest BCUT2D eigenvalue weighted by atomic mass is 35.5. The van der Waals surface area contributed by atoms with Gasteiger partial charge in [-0.1, -0.05) is 11.6 Å². The van der Waals surface area contributed by atoms with Gasteiger partial charge in [0.1, 0.15) is 16.8 Å². The lowest BCUT2D eigenvalue weighted by atomic mass is 10.1. The molecule has 0 saturated heterocycles. The van der Waals surface area contributed by atoms with Crippen molar-refractivity contribution in [2.45, 2.75) is 6.18 Å². The van der Waals surface area contributed by atoms with Crippen LogP contribution < -0.4 is 5.32 Å². The lowest BCUT2D eigenvalue weighted by Gasteiger charge is -2.13. The minimum atomic E-state index is -4.85. The molecule has 0 unspecified atom stereocenters. The molecule has 1 amide bonds. The molecule has 9 heteroatoms. The summed E-state index contributed by atoms with van der Waals surface area (Å²) in [7, 11) is 0. The quantitative estimate of drug-likeness (QED) is 0.657. The Bertz CT molecular complexity index is 733. The van der Waals surface area contributed by atoms with Gasteiger partial charge >= 0.3 is 6.18 Å². The highest BCUT2D eigenvalue weighted by Gasteiger charge is 2.37. The van der Waals surface area contributed by atoms with Crippen LogP contribution in [0.15, 0.2) is 30.5 Å². The van der Waals surface area contributed by atoms with Gasteiger partial charge in [-0.25, -0.2) is 13.8 Å². The van der Waals surface area contributed by atoms with Gasteiger partial charge < -0.3 is 5.32 Å². The fourth-order valence-electron chi connectivity index (χ4n) is 1.66. The number of aromatic nitrogens is 1. The van der Waals surface area contributed by atoms with Crippen LogP contribution in [0, 0.1) is 11.6 Å². The molecule has 1 N–H and O–H groups in total. The molecule has 2 aromatic rings. The number of benzene rings is 1. The number of rotatable bonds is 2. The number of carbonyl (C=O) groups excluding carboxylic acids is 1. The Labute approximate surface area is 125 Å². The zero-order valence-corrected chi connectivity index (χ0v) is 11.3. The topological polar surface area (TPSA) is 42.0 Å². The van der Waals surface area contributed by atoms with Gasteiger partial charge in [0.2, 0.25) is 0 Å². The summed E-state index contributed by atoms with van der Waals surface area (Å²) < 4.78 is 64.8. The number of pyridine rings is 1. The van der Waals surface area contributed by atoms with Gasteiger partial charge in [0.25, 0.3) is 5.91 Å². The summed E-state index contributed by atoms with van der Waals surface area (Å²) in [6, 6.07) is 2.77. The molecule has 0 spiro atoms. The fraction of sp³-hybridized carbons (Fsp3) is 0.0769. The molecule has 0 radical (unpaired) electrons. The molecule has 0 saturated carbocycles. The van der Waals surface area contributed by atoms with Gasteiger partial charge in [-0.05, 0) is 18.2 Å². The van der Waals surface area contributed by atoms with Crippen molar-refractivity contribution >= 4 is 23.2 Å². The van der Waals surface area contributed by atoms with Crippen molar-refractivity contribution in [3.63, 3.8) is 0 Å². The first-order chi connectivity index (χ1) is 10.2. The third-order valence-electron chi connectivity index (χ3n) is 2.62. The molecular weight excluding hydrogens is 331 g/mol. The van der Waals surface area contributed by atoms with E-state index in [1.807, 2.05) is 5.32 Å². The van der Waals surface area contributed by atoms with Crippen LogP contribution in [0.4, 0.5) is 27.6 Å². The molecule has 0 aliphatic carbocycles. The van der Waals surface area contributed by atoms with Crippen molar-refractivity contribution < 1.29 is 26.7 Å². The molecule has 0 fully saturated rings. The summed E-state index contributed by atoms with van der Waals surface area (Å²) in [5.74, 6) is -3.34. The number of halogens is 6. The van der Waals surface area contributed by atoms with E-state index in [2.05, 4.69) is 4.98 Å². The first-order valence-electron chi connectivity index (χ1n) is 5.68. The molecule has 22 heavy (non-hydrogen) atoms. The van der Waals surface area contributed by atoms with E-state index >= 15 is 0 Å². The maximum Gasteiger partial charge on any atom is 0.417 e. The van der Waals surface area contributed by atoms with Crippen molar-refractivity contribution in [3.05, 3.63) is 58.4 Å². The average molecular weight is 337 g/mol. The zero-order valence-electron chi connectivity index (χ0n) is 10.5. The van der Waals surface area contributed by atoms with E-state index in [4.69, 9.17) is 11.6 Å². The van der Waals surface area contributed by atoms with Crippen molar-refractivity contribution in [2.24, 2.45) is 0 Å². The first kappa shape index (κ1) is 16.2. The van der Waals surface area contributed by atoms with E-state index in [0.29, 0.717) is 12.1 Å². The second-order valence-corrected chi connectivity index (χ2v) is 4.46. The molecule has 1 heterocycles. The van der Waals surface area contributed by atoms with E-state index in [0.717, 1.165) is 18.3 Å². The highest BCUT2D eigenvalue weighted by Crippen LogP contribution is 2.34. The minimum absolute atomic E-state index is 0.477. The molecule has 0 aliphatic rings. The van der Waals surface area contributed by atoms with Crippen LogP contribution in [0.3, 0.4) is 0 Å². The third kappa shape index (κ3) is 3.33. The van der Waals surface area contributed by atoms with Gasteiger partial charge in [0.05, 0.1) is 16.8 Å². The van der Waals surface area contributed by atoms with E-state index in [-0.39, 0.29) is 0 Å². The zero-order chi connectivity index (χ0) is 16.5. The van der Waals surface area contributed by atoms with Gasteiger partial charge in [0.15, 0.2) is 0 Å². The van der Waals surface area contributed by atoms with Crippen molar-refractivity contribution in [2.75, 3.05) is 5.32 Å². The molecule has 0 bridgehead atoms. The average Bonchev–Trinajstić information content (AvgIpc) is 2.40. The summed E-state index contributed by atoms with van der Waals surface area (Å²) in [6.45, 7) is 0. The molecule has 116 valence electrons. The molecule has 1 aromatic heterocycles. The van der Waals surface area contributed by atoms with Crippen LogP contribution in [-0.4, -0.2) is 10.9 Å². The van der Waals surface area contributed by atoms with E-state index < -0.39 is 45.7 Å². The minimum Gasteiger partial charge on any atom is -0.319 e. The molecule has 1 aromatic carbocycles. The summed E-state index contributed by atoms with van der Waals surface area (Å²) in [6.07, 6.45) is -4.05. The third-order valence-corrected chi connectivity index (χ3v) is 2.90.